The van der Waals surface area contributed by atoms with Gasteiger partial charge in [-0.05, 0) is 44.8 Å². The minimum Gasteiger partial charge on any atom is -0.455 e. The smallest absolute Gasteiger partial charge is 0.355 e. The number of aromatic nitrogens is 2. The number of amides is 1. The molecule has 0 spiro atoms. The number of ketones is 1. The van der Waals surface area contributed by atoms with E-state index in [1.54, 1.807) is 20.8 Å². The summed E-state index contributed by atoms with van der Waals surface area (Å²) in [5.41, 5.74) is 0.294. The Kier molecular flexibility index (Phi) is 4.95. The van der Waals surface area contributed by atoms with Gasteiger partial charge in [0.2, 0.25) is 0 Å². The highest BCUT2D eigenvalue weighted by Gasteiger charge is 2.53. The van der Waals surface area contributed by atoms with Gasteiger partial charge in [0.1, 0.15) is 17.1 Å². The number of nitrogens with zero attached hydrogens (tertiary/aromatic N) is 3. The summed E-state index contributed by atoms with van der Waals surface area (Å²) in [6, 6.07) is 0. The van der Waals surface area contributed by atoms with E-state index in [2.05, 4.69) is 9.36 Å². The number of aryl methyl sites for hydroxylation is 1. The van der Waals surface area contributed by atoms with Crippen molar-refractivity contribution in [2.75, 3.05) is 11.5 Å². The van der Waals surface area contributed by atoms with Crippen LogP contribution < -0.4 is 0 Å². The summed E-state index contributed by atoms with van der Waals surface area (Å²) in [5, 5.41) is -0.604. The summed E-state index contributed by atoms with van der Waals surface area (Å²) in [5.74, 6) is 0.0171. The van der Waals surface area contributed by atoms with Crippen molar-refractivity contribution >= 4 is 52.7 Å². The molecule has 1 atom stereocenters. The van der Waals surface area contributed by atoms with Crippen LogP contribution in [0, 0.1) is 6.92 Å². The lowest BCUT2D eigenvalue weighted by Gasteiger charge is -2.43. The number of esters is 1. The molecule has 0 unspecified atom stereocenters. The third-order valence-electron chi connectivity index (χ3n) is 3.35. The summed E-state index contributed by atoms with van der Waals surface area (Å²) in [7, 11) is 0. The van der Waals surface area contributed by atoms with Gasteiger partial charge in [-0.1, -0.05) is 11.8 Å². The van der Waals surface area contributed by atoms with E-state index < -0.39 is 28.6 Å². The fraction of sp³-hybridized carbons (Fsp3) is 0.533. The van der Waals surface area contributed by atoms with Crippen LogP contribution in [-0.4, -0.2) is 54.4 Å². The van der Waals surface area contributed by atoms with Crippen LogP contribution in [0.3, 0.4) is 0 Å². The molecule has 1 saturated heterocycles. The lowest BCUT2D eigenvalue weighted by Crippen LogP contribution is -2.62. The number of fused-ring (bicyclic) bond motifs is 1. The monoisotopic (exact) mass is 399 g/mol. The van der Waals surface area contributed by atoms with E-state index in [-0.39, 0.29) is 5.70 Å². The Hall–Kier alpha value is -1.39. The fourth-order valence-corrected chi connectivity index (χ4v) is 5.32. The molecular formula is C15H17N3O4S3. The number of hydrogen-bond donors (Lipinski definition) is 0. The lowest BCUT2D eigenvalue weighted by atomic mass is 10.1. The molecule has 0 aromatic carbocycles. The predicted molar refractivity (Wildman–Crippen MR) is 96.3 cm³/mol. The number of hydrogen-bond acceptors (Lipinski definition) is 9. The molecule has 3 heterocycles. The maximum Gasteiger partial charge on any atom is 0.355 e. The predicted octanol–water partition coefficient (Wildman–Crippen LogP) is 2.02. The minimum absolute atomic E-state index is 0.206. The Bertz CT molecular complexity index is 781. The van der Waals surface area contributed by atoms with Crippen molar-refractivity contribution in [3.63, 3.8) is 0 Å². The van der Waals surface area contributed by atoms with E-state index in [0.29, 0.717) is 17.3 Å². The molecule has 25 heavy (non-hydrogen) atoms. The number of Topliss-reactive ketones (excluding diaryl/α,β-unsaturated/α-hetero) is 1. The molecule has 3 rings (SSSR count). The van der Waals surface area contributed by atoms with Gasteiger partial charge in [0, 0.05) is 11.5 Å². The number of ether oxygens (including phenoxy) is 1. The van der Waals surface area contributed by atoms with Gasteiger partial charge in [-0.2, -0.15) is 4.37 Å². The molecule has 0 N–H and O–H groups in total. The highest BCUT2D eigenvalue weighted by molar-refractivity contribution is 8.02. The normalized spacial score (nSPS) is 20.5. The molecule has 10 heteroatoms. The van der Waals surface area contributed by atoms with E-state index in [0.717, 1.165) is 9.91 Å². The number of rotatable bonds is 4. The molecule has 1 amide bonds. The first-order chi connectivity index (χ1) is 11.7. The Morgan fingerprint density at radius 3 is 2.72 bits per heavy atom. The van der Waals surface area contributed by atoms with E-state index in [9.17, 15) is 14.4 Å². The number of β-lactam (4-membered cyclic amide) rings is 1. The van der Waals surface area contributed by atoms with Gasteiger partial charge in [-0.25, -0.2) is 9.78 Å². The third kappa shape index (κ3) is 3.75. The first kappa shape index (κ1) is 18.4. The molecule has 2 aliphatic rings. The van der Waals surface area contributed by atoms with Gasteiger partial charge in [-0.15, -0.1) is 11.8 Å². The zero-order valence-electron chi connectivity index (χ0n) is 14.2. The molecular weight excluding hydrogens is 382 g/mol. The zero-order valence-corrected chi connectivity index (χ0v) is 16.6. The Labute approximate surface area is 157 Å². The van der Waals surface area contributed by atoms with Crippen molar-refractivity contribution in [3.8, 4) is 0 Å². The molecule has 0 radical (unpaired) electrons. The van der Waals surface area contributed by atoms with Crippen LogP contribution in [-0.2, 0) is 19.1 Å². The van der Waals surface area contributed by atoms with E-state index >= 15 is 0 Å². The van der Waals surface area contributed by atoms with Crippen LogP contribution in [0.15, 0.2) is 15.6 Å². The van der Waals surface area contributed by atoms with Crippen LogP contribution in [0.2, 0.25) is 0 Å². The van der Waals surface area contributed by atoms with E-state index in [1.807, 2.05) is 6.92 Å². The average Bonchev–Trinajstić information content (AvgIpc) is 2.95. The molecule has 134 valence electrons. The first-order valence-electron chi connectivity index (χ1n) is 7.55. The quantitative estimate of drug-likeness (QED) is 0.329. The van der Waals surface area contributed by atoms with Crippen LogP contribution in [0.4, 0.5) is 0 Å². The van der Waals surface area contributed by atoms with Gasteiger partial charge in [0.05, 0.1) is 0 Å². The molecule has 1 aromatic rings. The zero-order chi connectivity index (χ0) is 18.4. The van der Waals surface area contributed by atoms with Crippen molar-refractivity contribution in [2.45, 2.75) is 43.0 Å². The van der Waals surface area contributed by atoms with Crippen LogP contribution in [0.1, 0.15) is 26.6 Å². The minimum atomic E-state index is -0.684. The first-order valence-corrected chi connectivity index (χ1v) is 10.4. The van der Waals surface area contributed by atoms with Gasteiger partial charge < -0.3 is 4.74 Å². The van der Waals surface area contributed by atoms with E-state index in [1.165, 1.54) is 40.0 Å². The van der Waals surface area contributed by atoms with Crippen molar-refractivity contribution in [1.82, 2.24) is 14.3 Å². The summed E-state index contributed by atoms with van der Waals surface area (Å²) in [6.45, 7) is 7.11. The summed E-state index contributed by atoms with van der Waals surface area (Å²) in [4.78, 5) is 41.9. The highest BCUT2D eigenvalue weighted by Crippen LogP contribution is 2.40. The number of carbonyl (C=O) groups excluding carboxylic acids is 3. The van der Waals surface area contributed by atoms with E-state index in [4.69, 9.17) is 4.74 Å². The lowest BCUT2D eigenvalue weighted by molar-refractivity contribution is -0.161. The third-order valence-corrected chi connectivity index (χ3v) is 6.62. The number of carbonyl (C=O) groups is 3. The summed E-state index contributed by atoms with van der Waals surface area (Å²) >= 11 is 4.11. The molecule has 7 nitrogen and oxygen atoms in total. The van der Waals surface area contributed by atoms with Gasteiger partial charge >= 0.3 is 5.97 Å². The maximum atomic E-state index is 12.7. The Morgan fingerprint density at radius 1 is 1.40 bits per heavy atom. The van der Waals surface area contributed by atoms with Gasteiger partial charge in [-0.3, -0.25) is 14.5 Å². The highest BCUT2D eigenvalue weighted by atomic mass is 32.2. The van der Waals surface area contributed by atoms with Gasteiger partial charge in [0.15, 0.2) is 9.71 Å². The molecule has 0 aliphatic carbocycles. The summed E-state index contributed by atoms with van der Waals surface area (Å²) in [6.07, 6.45) is 0. The molecule has 0 saturated carbocycles. The molecule has 2 aliphatic heterocycles. The fourth-order valence-electron chi connectivity index (χ4n) is 2.33. The average molecular weight is 400 g/mol. The second kappa shape index (κ2) is 6.73. The molecule has 1 aromatic heterocycles. The second-order valence-corrected chi connectivity index (χ2v) is 9.60. The van der Waals surface area contributed by atoms with Crippen LogP contribution >= 0.6 is 35.1 Å². The van der Waals surface area contributed by atoms with Gasteiger partial charge in [0.25, 0.3) is 11.7 Å². The van der Waals surface area contributed by atoms with Crippen molar-refractivity contribution in [1.29, 1.82) is 0 Å². The van der Waals surface area contributed by atoms with Crippen molar-refractivity contribution < 1.29 is 19.1 Å². The summed E-state index contributed by atoms with van der Waals surface area (Å²) < 4.78 is 10.4. The Balaban J connectivity index is 1.87. The standard InChI is InChI=1S/C15H17N3O4S3/c1-7-16-14(25-17-7)24-6-8-5-23-12-10(19)11(20)18(12)9(8)13(21)22-15(2,3)4/h12H,5-6H2,1-4H3/t12-/m0/s1. The topological polar surface area (TPSA) is 89.5 Å². The SMILES string of the molecule is Cc1nsc(SCC2=C(C(=O)OC(C)(C)C)N3C(=O)C(=O)[C@@H]3SC2)n1. The maximum absolute atomic E-state index is 12.7. The van der Waals surface area contributed by atoms with Crippen molar-refractivity contribution in [2.24, 2.45) is 0 Å². The Morgan fingerprint density at radius 2 is 2.12 bits per heavy atom. The van der Waals surface area contributed by atoms with Crippen LogP contribution in [0.25, 0.3) is 0 Å². The van der Waals surface area contributed by atoms with Crippen LogP contribution in [0.5, 0.6) is 0 Å². The number of thioether (sulfide) groups is 2. The molecule has 1 fully saturated rings. The molecule has 0 bridgehead atoms. The largest absolute Gasteiger partial charge is 0.455 e. The second-order valence-electron chi connectivity index (χ2n) is 6.55. The van der Waals surface area contributed by atoms with Crippen molar-refractivity contribution in [3.05, 3.63) is 17.1 Å².